The summed E-state index contributed by atoms with van der Waals surface area (Å²) in [6, 6.07) is 9.86. The Morgan fingerprint density at radius 1 is 1.13 bits per heavy atom. The number of aliphatic imine (C=N–C) groups is 1. The van der Waals surface area contributed by atoms with Crippen LogP contribution >= 0.6 is 0 Å². The fraction of sp³-hybridized carbons (Fsp3) is 0.565. The molecule has 3 rings (SSSR count). The molecule has 1 aliphatic rings. The molecule has 1 fully saturated rings. The number of guanidine groups is 1. The number of hydrogen-bond acceptors (Lipinski definition) is 5. The van der Waals surface area contributed by atoms with Gasteiger partial charge >= 0.3 is 0 Å². The number of methoxy groups -OCH3 is 2. The van der Waals surface area contributed by atoms with Crippen molar-refractivity contribution in [3.63, 3.8) is 0 Å². The van der Waals surface area contributed by atoms with Gasteiger partial charge in [0, 0.05) is 46.2 Å². The van der Waals surface area contributed by atoms with E-state index in [1.165, 1.54) is 0 Å². The molecule has 1 saturated heterocycles. The Hall–Kier alpha value is -2.58. The first-order chi connectivity index (χ1) is 15.2. The van der Waals surface area contributed by atoms with E-state index >= 15 is 0 Å². The second kappa shape index (κ2) is 12.3. The normalized spacial score (nSPS) is 15.3. The minimum atomic E-state index is 0.330. The van der Waals surface area contributed by atoms with E-state index in [-0.39, 0.29) is 0 Å². The van der Waals surface area contributed by atoms with E-state index in [9.17, 15) is 0 Å². The molecular formula is C23H35N5O3. The molecule has 1 aromatic heterocycles. The molecule has 0 unspecified atom stereocenters. The molecule has 0 saturated carbocycles. The standard InChI is InChI=1S/C23H35N5O3/c1-4-24-23(27-13-11-22(12-14-27)31-17-5-16-29-2)25-18-19-10-15-28(26-19)20-6-8-21(30-3)9-7-20/h6-10,15,22H,4-5,11-14,16-18H2,1-3H3,(H,24,25). The highest BCUT2D eigenvalue weighted by molar-refractivity contribution is 5.80. The minimum absolute atomic E-state index is 0.330. The number of hydrogen-bond donors (Lipinski definition) is 1. The quantitative estimate of drug-likeness (QED) is 0.356. The van der Waals surface area contributed by atoms with Crippen molar-refractivity contribution >= 4 is 5.96 Å². The lowest BCUT2D eigenvalue weighted by Gasteiger charge is -2.34. The molecule has 1 aliphatic heterocycles. The first-order valence-electron chi connectivity index (χ1n) is 11.1. The molecule has 2 aromatic rings. The van der Waals surface area contributed by atoms with Crippen LogP contribution in [-0.2, 0) is 16.0 Å². The molecular weight excluding hydrogens is 394 g/mol. The van der Waals surface area contributed by atoms with Gasteiger partial charge in [0.1, 0.15) is 5.75 Å². The van der Waals surface area contributed by atoms with Crippen molar-refractivity contribution < 1.29 is 14.2 Å². The third kappa shape index (κ3) is 6.97. The highest BCUT2D eigenvalue weighted by Gasteiger charge is 2.21. The summed E-state index contributed by atoms with van der Waals surface area (Å²) >= 11 is 0. The van der Waals surface area contributed by atoms with Gasteiger partial charge < -0.3 is 24.4 Å². The van der Waals surface area contributed by atoms with Crippen LogP contribution in [0.3, 0.4) is 0 Å². The lowest BCUT2D eigenvalue weighted by molar-refractivity contribution is 0.00990. The van der Waals surface area contributed by atoms with Gasteiger partial charge in [-0.05, 0) is 56.5 Å². The van der Waals surface area contributed by atoms with Crippen LogP contribution < -0.4 is 10.1 Å². The molecule has 0 amide bonds. The molecule has 0 radical (unpaired) electrons. The fourth-order valence-corrected chi connectivity index (χ4v) is 3.59. The second-order valence-electron chi connectivity index (χ2n) is 7.52. The van der Waals surface area contributed by atoms with E-state index in [2.05, 4.69) is 22.2 Å². The average Bonchev–Trinajstić information content (AvgIpc) is 3.29. The summed E-state index contributed by atoms with van der Waals surface area (Å²) in [5, 5.41) is 8.08. The largest absolute Gasteiger partial charge is 0.497 e. The van der Waals surface area contributed by atoms with Crippen molar-refractivity contribution in [3.8, 4) is 11.4 Å². The van der Waals surface area contributed by atoms with E-state index in [0.717, 1.165) is 75.2 Å². The Balaban J connectivity index is 1.53. The number of rotatable bonds is 10. The van der Waals surface area contributed by atoms with E-state index < -0.39 is 0 Å². The number of nitrogens with zero attached hydrogens (tertiary/aromatic N) is 4. The van der Waals surface area contributed by atoms with Crippen LogP contribution in [0.2, 0.25) is 0 Å². The SMILES string of the molecule is CCNC(=NCc1ccn(-c2ccc(OC)cc2)n1)N1CCC(OCCCOC)CC1. The topological polar surface area (TPSA) is 73.1 Å². The Bertz CT molecular complexity index is 798. The monoisotopic (exact) mass is 429 g/mol. The second-order valence-corrected chi connectivity index (χ2v) is 7.52. The summed E-state index contributed by atoms with van der Waals surface area (Å²) in [7, 11) is 3.39. The zero-order chi connectivity index (χ0) is 21.9. The first-order valence-corrected chi connectivity index (χ1v) is 11.1. The lowest BCUT2D eigenvalue weighted by Crippen LogP contribution is -2.47. The Morgan fingerprint density at radius 2 is 1.90 bits per heavy atom. The van der Waals surface area contributed by atoms with Crippen LogP contribution in [0.4, 0.5) is 0 Å². The molecule has 1 aromatic carbocycles. The number of nitrogens with one attached hydrogen (secondary N) is 1. The third-order valence-corrected chi connectivity index (χ3v) is 5.29. The molecule has 0 spiro atoms. The van der Waals surface area contributed by atoms with E-state index in [0.29, 0.717) is 12.6 Å². The van der Waals surface area contributed by atoms with Crippen LogP contribution in [-0.4, -0.2) is 73.8 Å². The zero-order valence-electron chi connectivity index (χ0n) is 18.9. The maximum atomic E-state index is 5.97. The Kier molecular flexibility index (Phi) is 9.17. The van der Waals surface area contributed by atoms with Crippen molar-refractivity contribution in [2.24, 2.45) is 4.99 Å². The molecule has 2 heterocycles. The van der Waals surface area contributed by atoms with Crippen LogP contribution in [0.1, 0.15) is 31.9 Å². The fourth-order valence-electron chi connectivity index (χ4n) is 3.59. The summed E-state index contributed by atoms with van der Waals surface area (Å²) in [4.78, 5) is 7.15. The van der Waals surface area contributed by atoms with Gasteiger partial charge in [-0.2, -0.15) is 5.10 Å². The predicted molar refractivity (Wildman–Crippen MR) is 122 cm³/mol. The third-order valence-electron chi connectivity index (χ3n) is 5.29. The molecule has 8 heteroatoms. The van der Waals surface area contributed by atoms with Gasteiger partial charge in [0.15, 0.2) is 5.96 Å². The van der Waals surface area contributed by atoms with Crippen LogP contribution in [0.5, 0.6) is 5.75 Å². The number of ether oxygens (including phenoxy) is 3. The number of aromatic nitrogens is 2. The van der Waals surface area contributed by atoms with E-state index in [1.54, 1.807) is 14.2 Å². The molecule has 170 valence electrons. The molecule has 31 heavy (non-hydrogen) atoms. The first kappa shape index (κ1) is 23.1. The Labute approximate surface area is 185 Å². The molecule has 0 aliphatic carbocycles. The highest BCUT2D eigenvalue weighted by atomic mass is 16.5. The van der Waals surface area contributed by atoms with Crippen LogP contribution in [0.25, 0.3) is 5.69 Å². The number of piperidine rings is 1. The van der Waals surface area contributed by atoms with Gasteiger partial charge in [0.2, 0.25) is 0 Å². The van der Waals surface area contributed by atoms with Gasteiger partial charge in [-0.15, -0.1) is 0 Å². The highest BCUT2D eigenvalue weighted by Crippen LogP contribution is 2.16. The number of benzene rings is 1. The summed E-state index contributed by atoms with van der Waals surface area (Å²) in [5.41, 5.74) is 1.93. The molecule has 1 N–H and O–H groups in total. The average molecular weight is 430 g/mol. The van der Waals surface area contributed by atoms with Gasteiger partial charge in [0.25, 0.3) is 0 Å². The molecule has 0 atom stereocenters. The number of likely N-dealkylation sites (tertiary alicyclic amines) is 1. The smallest absolute Gasteiger partial charge is 0.194 e. The van der Waals surface area contributed by atoms with Crippen LogP contribution in [0.15, 0.2) is 41.5 Å². The van der Waals surface area contributed by atoms with Gasteiger partial charge in [-0.3, -0.25) is 0 Å². The maximum absolute atomic E-state index is 5.97. The predicted octanol–water partition coefficient (Wildman–Crippen LogP) is 2.86. The van der Waals surface area contributed by atoms with Crippen molar-refractivity contribution in [1.82, 2.24) is 20.0 Å². The van der Waals surface area contributed by atoms with Gasteiger partial charge in [-0.25, -0.2) is 9.67 Å². The van der Waals surface area contributed by atoms with Crippen molar-refractivity contribution in [2.45, 2.75) is 38.8 Å². The summed E-state index contributed by atoms with van der Waals surface area (Å²) < 4.78 is 18.1. The van der Waals surface area contributed by atoms with Gasteiger partial charge in [0.05, 0.1) is 31.1 Å². The van der Waals surface area contributed by atoms with E-state index in [4.69, 9.17) is 19.2 Å². The van der Waals surface area contributed by atoms with Crippen LogP contribution in [0, 0.1) is 0 Å². The van der Waals surface area contributed by atoms with Gasteiger partial charge in [-0.1, -0.05) is 0 Å². The van der Waals surface area contributed by atoms with Crippen molar-refractivity contribution in [1.29, 1.82) is 0 Å². The van der Waals surface area contributed by atoms with Crippen molar-refractivity contribution in [3.05, 3.63) is 42.2 Å². The molecule has 0 bridgehead atoms. The van der Waals surface area contributed by atoms with Crippen molar-refractivity contribution in [2.75, 3.05) is 47.1 Å². The lowest BCUT2D eigenvalue weighted by atomic mass is 10.1. The van der Waals surface area contributed by atoms with E-state index in [1.807, 2.05) is 41.2 Å². The summed E-state index contributed by atoms with van der Waals surface area (Å²) in [6.45, 7) is 6.89. The Morgan fingerprint density at radius 3 is 2.58 bits per heavy atom. The molecule has 8 nitrogen and oxygen atoms in total. The zero-order valence-corrected chi connectivity index (χ0v) is 18.9. The maximum Gasteiger partial charge on any atom is 0.194 e. The summed E-state index contributed by atoms with van der Waals surface area (Å²) in [5.74, 6) is 1.78. The minimum Gasteiger partial charge on any atom is -0.497 e. The summed E-state index contributed by atoms with van der Waals surface area (Å²) in [6.07, 6.45) is 5.28.